The molecule has 13 heavy (non-hydrogen) atoms. The van der Waals surface area contributed by atoms with Gasteiger partial charge in [0, 0.05) is 11.8 Å². The quantitative estimate of drug-likeness (QED) is 0.723. The molecule has 0 aliphatic carbocycles. The number of fused-ring (bicyclic) bond motifs is 1. The van der Waals surface area contributed by atoms with Crippen molar-refractivity contribution in [2.24, 2.45) is 0 Å². The fraction of sp³-hybridized carbons (Fsp3) is 0.111. The molecule has 0 atom stereocenters. The molecule has 0 N–H and O–H groups in total. The maximum Gasteiger partial charge on any atom is 0.0867 e. The third-order valence-corrected chi connectivity index (χ3v) is 3.23. The molecule has 2 nitrogen and oxygen atoms in total. The summed E-state index contributed by atoms with van der Waals surface area (Å²) in [6, 6.07) is 3.87. The van der Waals surface area contributed by atoms with E-state index in [0.29, 0.717) is 11.4 Å². The molecule has 64 valence electrons. The van der Waals surface area contributed by atoms with E-state index in [1.807, 2.05) is 5.38 Å². The number of halogens is 1. The van der Waals surface area contributed by atoms with Crippen molar-refractivity contribution in [3.05, 3.63) is 28.2 Å². The van der Waals surface area contributed by atoms with Crippen molar-refractivity contribution in [1.82, 2.24) is 4.98 Å². The number of rotatable bonds is 1. The SMILES string of the molecule is N#CCc1csc2c(Cl)ccnc12. The summed E-state index contributed by atoms with van der Waals surface area (Å²) in [5.74, 6) is 0. The first-order valence-corrected chi connectivity index (χ1v) is 4.96. The van der Waals surface area contributed by atoms with Gasteiger partial charge in [0.1, 0.15) is 0 Å². The Hall–Kier alpha value is -1.11. The average Bonchev–Trinajstić information content (AvgIpc) is 2.51. The zero-order valence-corrected chi connectivity index (χ0v) is 8.19. The number of nitriles is 1. The van der Waals surface area contributed by atoms with E-state index in [1.54, 1.807) is 12.3 Å². The zero-order valence-electron chi connectivity index (χ0n) is 6.62. The van der Waals surface area contributed by atoms with Gasteiger partial charge >= 0.3 is 0 Å². The van der Waals surface area contributed by atoms with Crippen molar-refractivity contribution in [3.8, 4) is 6.07 Å². The molecule has 0 aromatic carbocycles. The lowest BCUT2D eigenvalue weighted by atomic mass is 10.2. The minimum atomic E-state index is 0.396. The van der Waals surface area contributed by atoms with Gasteiger partial charge in [0.2, 0.25) is 0 Å². The van der Waals surface area contributed by atoms with Crippen LogP contribution in [0.3, 0.4) is 0 Å². The maximum absolute atomic E-state index is 8.56. The molecule has 0 bridgehead atoms. The van der Waals surface area contributed by atoms with Crippen molar-refractivity contribution in [1.29, 1.82) is 5.26 Å². The summed E-state index contributed by atoms with van der Waals surface area (Å²) in [5.41, 5.74) is 1.82. The zero-order chi connectivity index (χ0) is 9.26. The van der Waals surface area contributed by atoms with Gasteiger partial charge in [-0.05, 0) is 11.4 Å². The summed E-state index contributed by atoms with van der Waals surface area (Å²) in [7, 11) is 0. The Balaban J connectivity index is 2.70. The van der Waals surface area contributed by atoms with Gasteiger partial charge < -0.3 is 0 Å². The Morgan fingerprint density at radius 3 is 3.23 bits per heavy atom. The third kappa shape index (κ3) is 1.39. The van der Waals surface area contributed by atoms with Crippen LogP contribution in [-0.2, 0) is 6.42 Å². The van der Waals surface area contributed by atoms with Crippen LogP contribution in [-0.4, -0.2) is 4.98 Å². The minimum absolute atomic E-state index is 0.396. The van der Waals surface area contributed by atoms with Gasteiger partial charge in [-0.15, -0.1) is 11.3 Å². The standard InChI is InChI=1S/C9H5ClN2S/c10-7-2-4-12-8-6(1-3-11)5-13-9(7)8/h2,4-5H,1H2. The van der Waals surface area contributed by atoms with Crippen LogP contribution < -0.4 is 0 Å². The highest BCUT2D eigenvalue weighted by molar-refractivity contribution is 7.18. The first-order valence-electron chi connectivity index (χ1n) is 3.70. The lowest BCUT2D eigenvalue weighted by molar-refractivity contribution is 1.27. The lowest BCUT2D eigenvalue weighted by Gasteiger charge is -1.92. The van der Waals surface area contributed by atoms with Gasteiger partial charge in [-0.1, -0.05) is 11.6 Å². The molecule has 0 fully saturated rings. The predicted molar refractivity (Wildman–Crippen MR) is 53.9 cm³/mol. The minimum Gasteiger partial charge on any atom is -0.255 e. The van der Waals surface area contributed by atoms with E-state index in [9.17, 15) is 0 Å². The van der Waals surface area contributed by atoms with Crippen molar-refractivity contribution in [3.63, 3.8) is 0 Å². The summed E-state index contributed by atoms with van der Waals surface area (Å²) in [6.45, 7) is 0. The van der Waals surface area contributed by atoms with Crippen molar-refractivity contribution in [2.45, 2.75) is 6.42 Å². The molecular formula is C9H5ClN2S. The Kier molecular flexibility index (Phi) is 2.17. The molecule has 0 saturated heterocycles. The van der Waals surface area contributed by atoms with Gasteiger partial charge in [0.05, 0.1) is 27.7 Å². The molecule has 2 aromatic rings. The number of hydrogen-bond donors (Lipinski definition) is 0. The van der Waals surface area contributed by atoms with E-state index in [-0.39, 0.29) is 0 Å². The number of hydrogen-bond acceptors (Lipinski definition) is 3. The molecule has 2 heterocycles. The van der Waals surface area contributed by atoms with Gasteiger partial charge in [0.15, 0.2) is 0 Å². The topological polar surface area (TPSA) is 36.7 Å². The second-order valence-corrected chi connectivity index (χ2v) is 3.85. The number of aromatic nitrogens is 1. The van der Waals surface area contributed by atoms with Gasteiger partial charge in [0.25, 0.3) is 0 Å². The van der Waals surface area contributed by atoms with Crippen LogP contribution in [0.1, 0.15) is 5.56 Å². The second kappa shape index (κ2) is 3.33. The molecule has 0 aliphatic rings. The van der Waals surface area contributed by atoms with E-state index in [0.717, 1.165) is 15.8 Å². The van der Waals surface area contributed by atoms with Crippen LogP contribution in [0.4, 0.5) is 0 Å². The molecule has 2 aromatic heterocycles. The molecular weight excluding hydrogens is 204 g/mol. The van der Waals surface area contributed by atoms with Crippen LogP contribution >= 0.6 is 22.9 Å². The summed E-state index contributed by atoms with van der Waals surface area (Å²) in [5, 5.41) is 11.2. The Morgan fingerprint density at radius 1 is 1.62 bits per heavy atom. The van der Waals surface area contributed by atoms with Crippen molar-refractivity contribution in [2.75, 3.05) is 0 Å². The largest absolute Gasteiger partial charge is 0.255 e. The summed E-state index contributed by atoms with van der Waals surface area (Å²) in [4.78, 5) is 4.20. The first kappa shape index (κ1) is 8.49. The number of nitrogens with zero attached hydrogens (tertiary/aromatic N) is 2. The highest BCUT2D eigenvalue weighted by Gasteiger charge is 2.06. The molecule has 0 spiro atoms. The smallest absolute Gasteiger partial charge is 0.0867 e. The molecule has 0 amide bonds. The van der Waals surface area contributed by atoms with Crippen LogP contribution in [0.15, 0.2) is 17.6 Å². The van der Waals surface area contributed by atoms with Gasteiger partial charge in [-0.3, -0.25) is 4.98 Å². The van der Waals surface area contributed by atoms with E-state index < -0.39 is 0 Å². The maximum atomic E-state index is 8.56. The van der Waals surface area contributed by atoms with E-state index >= 15 is 0 Å². The van der Waals surface area contributed by atoms with E-state index in [2.05, 4.69) is 11.1 Å². The highest BCUT2D eigenvalue weighted by Crippen LogP contribution is 2.30. The van der Waals surface area contributed by atoms with Gasteiger partial charge in [-0.25, -0.2) is 0 Å². The second-order valence-electron chi connectivity index (χ2n) is 2.57. The van der Waals surface area contributed by atoms with Crippen molar-refractivity contribution < 1.29 is 0 Å². The van der Waals surface area contributed by atoms with E-state index in [4.69, 9.17) is 16.9 Å². The monoisotopic (exact) mass is 208 g/mol. The Bertz CT molecular complexity index is 484. The molecule has 0 unspecified atom stereocenters. The summed E-state index contributed by atoms with van der Waals surface area (Å²) in [6.07, 6.45) is 2.06. The highest BCUT2D eigenvalue weighted by atomic mass is 35.5. The Morgan fingerprint density at radius 2 is 2.46 bits per heavy atom. The average molecular weight is 209 g/mol. The number of thiophene rings is 1. The van der Waals surface area contributed by atoms with Crippen LogP contribution in [0.5, 0.6) is 0 Å². The third-order valence-electron chi connectivity index (χ3n) is 1.75. The fourth-order valence-corrected chi connectivity index (χ4v) is 2.37. The van der Waals surface area contributed by atoms with Crippen LogP contribution in [0, 0.1) is 11.3 Å². The van der Waals surface area contributed by atoms with Gasteiger partial charge in [-0.2, -0.15) is 5.26 Å². The summed E-state index contributed by atoms with van der Waals surface area (Å²) >= 11 is 7.49. The number of pyridine rings is 1. The lowest BCUT2D eigenvalue weighted by Crippen LogP contribution is -1.80. The van der Waals surface area contributed by atoms with Crippen LogP contribution in [0.25, 0.3) is 10.2 Å². The predicted octanol–water partition coefficient (Wildman–Crippen LogP) is 3.02. The van der Waals surface area contributed by atoms with Crippen LogP contribution in [0.2, 0.25) is 5.02 Å². The normalized spacial score (nSPS) is 10.2. The molecule has 0 radical (unpaired) electrons. The summed E-state index contributed by atoms with van der Waals surface area (Å²) < 4.78 is 0.967. The molecule has 0 saturated carbocycles. The Labute approximate surface area is 84.4 Å². The molecule has 0 aliphatic heterocycles. The molecule has 4 heteroatoms. The van der Waals surface area contributed by atoms with Crippen molar-refractivity contribution >= 4 is 33.2 Å². The first-order chi connectivity index (χ1) is 6.33. The molecule has 2 rings (SSSR count). The van der Waals surface area contributed by atoms with E-state index in [1.165, 1.54) is 11.3 Å². The fourth-order valence-electron chi connectivity index (χ4n) is 1.16.